The zero-order chi connectivity index (χ0) is 25.1. The number of hydrogen-bond donors (Lipinski definition) is 1. The molecule has 0 aliphatic carbocycles. The number of anilines is 1. The maximum atomic E-state index is 13.2. The molecule has 1 N–H and O–H groups in total. The summed E-state index contributed by atoms with van der Waals surface area (Å²) in [6.45, 7) is 4.50. The Morgan fingerprint density at radius 3 is 2.64 bits per heavy atom. The average molecular weight is 492 g/mol. The van der Waals surface area contributed by atoms with Crippen LogP contribution in [0.5, 0.6) is 0 Å². The summed E-state index contributed by atoms with van der Waals surface area (Å²) in [5.41, 5.74) is 2.98. The molecule has 2 amide bonds. The van der Waals surface area contributed by atoms with Gasteiger partial charge in [-0.2, -0.15) is 0 Å². The Morgan fingerprint density at radius 1 is 1.08 bits per heavy atom. The fourth-order valence-corrected chi connectivity index (χ4v) is 5.38. The average Bonchev–Trinajstić information content (AvgIpc) is 3.52. The van der Waals surface area contributed by atoms with Crippen molar-refractivity contribution in [2.24, 2.45) is 5.92 Å². The number of nitrogens with one attached hydrogen (secondary N) is 1. The fourth-order valence-electron chi connectivity index (χ4n) is 5.38. The molecule has 3 heterocycles. The molecular weight excluding hydrogens is 458 g/mol. The molecule has 36 heavy (non-hydrogen) atoms. The van der Waals surface area contributed by atoms with E-state index in [1.807, 2.05) is 53.4 Å². The van der Waals surface area contributed by atoms with Crippen LogP contribution < -0.4 is 5.32 Å². The van der Waals surface area contributed by atoms with E-state index in [0.717, 1.165) is 30.7 Å². The van der Waals surface area contributed by atoms with Gasteiger partial charge in [-0.05, 0) is 56.9 Å². The number of fused-ring (bicyclic) bond motifs is 1. The lowest BCUT2D eigenvalue weighted by atomic mass is 9.96. The molecule has 2 aromatic carbocycles. The number of esters is 1. The van der Waals surface area contributed by atoms with Crippen molar-refractivity contribution < 1.29 is 23.9 Å². The van der Waals surface area contributed by atoms with E-state index in [0.29, 0.717) is 50.2 Å². The molecule has 0 bridgehead atoms. The highest BCUT2D eigenvalue weighted by atomic mass is 16.5. The number of rotatable bonds is 7. The van der Waals surface area contributed by atoms with Gasteiger partial charge in [0, 0.05) is 48.6 Å². The second-order valence-corrected chi connectivity index (χ2v) is 9.63. The summed E-state index contributed by atoms with van der Waals surface area (Å²) in [6.07, 6.45) is 2.90. The molecule has 0 aromatic heterocycles. The monoisotopic (exact) mass is 491 g/mol. The molecule has 0 radical (unpaired) electrons. The van der Waals surface area contributed by atoms with E-state index in [9.17, 15) is 14.4 Å². The third-order valence-corrected chi connectivity index (χ3v) is 7.30. The van der Waals surface area contributed by atoms with Crippen LogP contribution in [0.3, 0.4) is 0 Å². The van der Waals surface area contributed by atoms with Gasteiger partial charge in [0.2, 0.25) is 0 Å². The van der Waals surface area contributed by atoms with Crippen LogP contribution in [0.4, 0.5) is 5.69 Å². The van der Waals surface area contributed by atoms with Crippen molar-refractivity contribution in [1.29, 1.82) is 0 Å². The van der Waals surface area contributed by atoms with Crippen LogP contribution in [-0.2, 0) is 14.3 Å². The standard InChI is InChI=1S/C28H33N3O5/c1-2-35-28(34)19-12-14-30(15-13-19)26(32)20-7-5-8-21(17-20)29-25-23-10-3-4-11-24(23)27(33)31(25)18-22-9-6-16-36-22/h3-5,7-8,10-11,17,19,22,25,29H,2,6,9,12-16,18H2,1H3. The lowest BCUT2D eigenvalue weighted by Crippen LogP contribution is -2.40. The number of hydrogen-bond acceptors (Lipinski definition) is 6. The van der Waals surface area contributed by atoms with E-state index in [1.54, 1.807) is 11.8 Å². The summed E-state index contributed by atoms with van der Waals surface area (Å²) in [7, 11) is 0. The molecule has 5 rings (SSSR count). The van der Waals surface area contributed by atoms with Gasteiger partial charge < -0.3 is 24.6 Å². The number of carbonyl (C=O) groups excluding carboxylic acids is 3. The molecule has 2 fully saturated rings. The minimum atomic E-state index is -0.330. The second-order valence-electron chi connectivity index (χ2n) is 9.63. The maximum absolute atomic E-state index is 13.2. The van der Waals surface area contributed by atoms with Crippen LogP contribution in [-0.4, -0.2) is 66.5 Å². The van der Waals surface area contributed by atoms with Crippen LogP contribution in [0, 0.1) is 5.92 Å². The number of nitrogens with zero attached hydrogens (tertiary/aromatic N) is 2. The van der Waals surface area contributed by atoms with Crippen LogP contribution in [0.2, 0.25) is 0 Å². The molecule has 2 aromatic rings. The van der Waals surface area contributed by atoms with Crippen LogP contribution in [0.1, 0.15) is 65.1 Å². The highest BCUT2D eigenvalue weighted by molar-refractivity contribution is 6.00. The Hall–Kier alpha value is -3.39. The van der Waals surface area contributed by atoms with Crippen molar-refractivity contribution in [3.63, 3.8) is 0 Å². The van der Waals surface area contributed by atoms with E-state index in [2.05, 4.69) is 5.32 Å². The highest BCUT2D eigenvalue weighted by Gasteiger charge is 2.38. The van der Waals surface area contributed by atoms with E-state index >= 15 is 0 Å². The van der Waals surface area contributed by atoms with Gasteiger partial charge in [0.05, 0.1) is 18.6 Å². The maximum Gasteiger partial charge on any atom is 0.309 e. The Labute approximate surface area is 211 Å². The molecule has 0 saturated carbocycles. The number of amides is 2. The van der Waals surface area contributed by atoms with Crippen molar-refractivity contribution in [2.45, 2.75) is 44.9 Å². The lowest BCUT2D eigenvalue weighted by molar-refractivity contribution is -0.149. The fraction of sp³-hybridized carbons (Fsp3) is 0.464. The molecule has 2 unspecified atom stereocenters. The Morgan fingerprint density at radius 2 is 1.89 bits per heavy atom. The molecule has 8 heteroatoms. The summed E-state index contributed by atoms with van der Waals surface area (Å²) < 4.78 is 11.0. The minimum Gasteiger partial charge on any atom is -0.466 e. The minimum absolute atomic E-state index is 0.00435. The van der Waals surface area contributed by atoms with Crippen LogP contribution in [0.25, 0.3) is 0 Å². The van der Waals surface area contributed by atoms with E-state index in [1.165, 1.54) is 0 Å². The Balaban J connectivity index is 1.29. The van der Waals surface area contributed by atoms with Crippen molar-refractivity contribution in [2.75, 3.05) is 38.2 Å². The third-order valence-electron chi connectivity index (χ3n) is 7.30. The smallest absolute Gasteiger partial charge is 0.309 e. The molecule has 0 spiro atoms. The predicted octanol–water partition coefficient (Wildman–Crippen LogP) is 3.85. The SMILES string of the molecule is CCOC(=O)C1CCN(C(=O)c2cccc(NC3c4ccccc4C(=O)N3CC3CCCO3)c2)CC1. The zero-order valence-corrected chi connectivity index (χ0v) is 20.7. The molecule has 3 aliphatic rings. The van der Waals surface area contributed by atoms with Gasteiger partial charge in [0.25, 0.3) is 11.8 Å². The lowest BCUT2D eigenvalue weighted by Gasteiger charge is -2.31. The number of benzene rings is 2. The number of piperidine rings is 1. The molecule has 8 nitrogen and oxygen atoms in total. The summed E-state index contributed by atoms with van der Waals surface area (Å²) in [4.78, 5) is 42.1. The van der Waals surface area contributed by atoms with Crippen LogP contribution >= 0.6 is 0 Å². The number of likely N-dealkylation sites (tertiary alicyclic amines) is 1. The Kier molecular flexibility index (Phi) is 7.23. The van der Waals surface area contributed by atoms with Crippen molar-refractivity contribution >= 4 is 23.5 Å². The van der Waals surface area contributed by atoms with Crippen molar-refractivity contribution in [1.82, 2.24) is 9.80 Å². The largest absolute Gasteiger partial charge is 0.466 e. The first-order chi connectivity index (χ1) is 17.5. The first-order valence-electron chi connectivity index (χ1n) is 12.9. The quantitative estimate of drug-likeness (QED) is 0.592. The Bertz CT molecular complexity index is 1120. The van der Waals surface area contributed by atoms with Gasteiger partial charge in [-0.1, -0.05) is 24.3 Å². The normalized spacial score (nSPS) is 22.0. The molecule has 3 aliphatic heterocycles. The third kappa shape index (κ3) is 4.95. The summed E-state index contributed by atoms with van der Waals surface area (Å²) >= 11 is 0. The topological polar surface area (TPSA) is 88.2 Å². The molecular formula is C28H33N3O5. The van der Waals surface area contributed by atoms with Gasteiger partial charge in [-0.15, -0.1) is 0 Å². The highest BCUT2D eigenvalue weighted by Crippen LogP contribution is 2.35. The first-order valence-corrected chi connectivity index (χ1v) is 12.9. The molecule has 190 valence electrons. The summed E-state index contributed by atoms with van der Waals surface area (Å²) in [5.74, 6) is -0.373. The van der Waals surface area contributed by atoms with Crippen molar-refractivity contribution in [3.05, 3.63) is 65.2 Å². The van der Waals surface area contributed by atoms with Crippen molar-refractivity contribution in [3.8, 4) is 0 Å². The number of ether oxygens (including phenoxy) is 2. The van der Waals surface area contributed by atoms with Gasteiger partial charge in [-0.25, -0.2) is 0 Å². The summed E-state index contributed by atoms with van der Waals surface area (Å²) in [5, 5.41) is 3.50. The van der Waals surface area contributed by atoms with Gasteiger partial charge in [-0.3, -0.25) is 14.4 Å². The first kappa shape index (κ1) is 24.3. The van der Waals surface area contributed by atoms with Gasteiger partial charge in [0.15, 0.2) is 0 Å². The van der Waals surface area contributed by atoms with E-state index in [-0.39, 0.29) is 36.0 Å². The van der Waals surface area contributed by atoms with E-state index < -0.39 is 0 Å². The van der Waals surface area contributed by atoms with Gasteiger partial charge in [0.1, 0.15) is 6.17 Å². The van der Waals surface area contributed by atoms with E-state index in [4.69, 9.17) is 9.47 Å². The predicted molar refractivity (Wildman–Crippen MR) is 135 cm³/mol. The molecule has 2 saturated heterocycles. The number of carbonyl (C=O) groups is 3. The van der Waals surface area contributed by atoms with Crippen LogP contribution in [0.15, 0.2) is 48.5 Å². The van der Waals surface area contributed by atoms with Gasteiger partial charge >= 0.3 is 5.97 Å². The zero-order valence-electron chi connectivity index (χ0n) is 20.7. The second kappa shape index (κ2) is 10.7. The summed E-state index contributed by atoms with van der Waals surface area (Å²) in [6, 6.07) is 15.1. The molecule has 2 atom stereocenters.